The van der Waals surface area contributed by atoms with E-state index in [1.54, 1.807) is 12.1 Å². The van der Waals surface area contributed by atoms with Crippen molar-refractivity contribution >= 4 is 24.2 Å². The Kier molecular flexibility index (Phi) is 6.56. The molecule has 0 saturated carbocycles. The quantitative estimate of drug-likeness (QED) is 0.479. The van der Waals surface area contributed by atoms with Gasteiger partial charge in [0.2, 0.25) is 0 Å². The summed E-state index contributed by atoms with van der Waals surface area (Å²) in [5.74, 6) is 1.34. The van der Waals surface area contributed by atoms with Gasteiger partial charge in [0.15, 0.2) is 0 Å². The number of imidazole rings is 1. The molecule has 4 rings (SSSR count). The molecule has 1 aromatic heterocycles. The number of nitrogens with one attached hydrogen (secondary N) is 3. The summed E-state index contributed by atoms with van der Waals surface area (Å²) in [4.78, 5) is 19.2. The van der Waals surface area contributed by atoms with Gasteiger partial charge in [0.05, 0.1) is 11.7 Å². The Balaban J connectivity index is 0.00000240. The summed E-state index contributed by atoms with van der Waals surface area (Å²) in [5.41, 5.74) is 4.74. The molecule has 2 heterocycles. The Morgan fingerprint density at radius 3 is 2.55 bits per heavy atom. The first-order valence-electron chi connectivity index (χ1n) is 9.57. The molecule has 2 atom stereocenters. The number of H-pyrrole nitrogens is 1. The summed E-state index contributed by atoms with van der Waals surface area (Å²) in [7, 11) is 0. The minimum atomic E-state index is -1.07. The van der Waals surface area contributed by atoms with E-state index in [1.165, 1.54) is 5.56 Å². The number of aryl methyl sites for hydroxylation is 1. The van der Waals surface area contributed by atoms with Gasteiger partial charge >= 0.3 is 6.09 Å². The zero-order chi connectivity index (χ0) is 19.5. The van der Waals surface area contributed by atoms with Crippen LogP contribution in [0.3, 0.4) is 0 Å². The smallest absolute Gasteiger partial charge is 0.409 e. The molecular weight excluding hydrogens is 388 g/mol. The molecule has 0 spiro atoms. The van der Waals surface area contributed by atoms with Gasteiger partial charge in [-0.25, -0.2) is 9.78 Å². The average Bonchev–Trinajstić information content (AvgIpc) is 3.10. The van der Waals surface area contributed by atoms with Gasteiger partial charge in [0.1, 0.15) is 5.82 Å². The molecule has 152 valence electrons. The summed E-state index contributed by atoms with van der Waals surface area (Å²) < 4.78 is 0. The van der Waals surface area contributed by atoms with Crippen LogP contribution in [0.5, 0.6) is 0 Å². The lowest BCUT2D eigenvalue weighted by molar-refractivity contribution is 0.210. The Morgan fingerprint density at radius 1 is 1.14 bits per heavy atom. The lowest BCUT2D eigenvalue weighted by Crippen LogP contribution is -2.33. The number of anilines is 1. The first-order chi connectivity index (χ1) is 13.6. The third-order valence-electron chi connectivity index (χ3n) is 5.29. The number of hydrogen-bond donors (Lipinski definition) is 4. The van der Waals surface area contributed by atoms with Gasteiger partial charge in [-0.15, -0.1) is 12.4 Å². The molecule has 1 fully saturated rings. The molecule has 0 bridgehead atoms. The summed E-state index contributed by atoms with van der Waals surface area (Å²) in [5, 5.41) is 14.8. The summed E-state index contributed by atoms with van der Waals surface area (Å²) >= 11 is 0. The van der Waals surface area contributed by atoms with E-state index in [1.807, 2.05) is 25.1 Å². The number of aromatic amines is 1. The number of hydrogen-bond acceptors (Lipinski definition) is 3. The molecule has 29 heavy (non-hydrogen) atoms. The number of aromatic nitrogens is 2. The van der Waals surface area contributed by atoms with Crippen molar-refractivity contribution in [2.24, 2.45) is 0 Å². The van der Waals surface area contributed by atoms with E-state index in [2.05, 4.69) is 39.9 Å². The number of halogens is 1. The van der Waals surface area contributed by atoms with Crippen LogP contribution < -0.4 is 10.6 Å². The number of nitrogens with zero attached hydrogens (tertiary/aromatic N) is 1. The molecule has 1 saturated heterocycles. The number of rotatable bonds is 4. The van der Waals surface area contributed by atoms with Gasteiger partial charge < -0.3 is 15.4 Å². The minimum absolute atomic E-state index is 0. The van der Waals surface area contributed by atoms with Crippen LogP contribution in [-0.2, 0) is 0 Å². The average molecular weight is 413 g/mol. The highest BCUT2D eigenvalue weighted by Gasteiger charge is 2.30. The Labute approximate surface area is 176 Å². The Morgan fingerprint density at radius 2 is 1.86 bits per heavy atom. The number of carboxylic acid groups (broad SMARTS) is 1. The topological polar surface area (TPSA) is 90.0 Å². The van der Waals surface area contributed by atoms with Crippen LogP contribution in [0.25, 0.3) is 11.3 Å². The van der Waals surface area contributed by atoms with E-state index >= 15 is 0 Å². The zero-order valence-corrected chi connectivity index (χ0v) is 17.0. The fourth-order valence-corrected chi connectivity index (χ4v) is 3.98. The van der Waals surface area contributed by atoms with Crippen LogP contribution in [0, 0.1) is 6.92 Å². The molecule has 1 aliphatic rings. The molecule has 0 aliphatic carbocycles. The maximum Gasteiger partial charge on any atom is 0.409 e. The molecule has 2 unspecified atom stereocenters. The standard InChI is InChI=1S/C22H24N4O2.ClH/c1-14-19(16-9-11-17(12-10-16)25-22(27)28)26-21(24-14)20-18(8-5-13-23-20)15-6-3-2-4-7-15;/h2-4,6-7,9-12,18,20,23,25H,5,8,13H2,1H3,(H,24,26)(H,27,28);1H. The molecule has 2 aromatic carbocycles. The van der Waals surface area contributed by atoms with Gasteiger partial charge in [-0.3, -0.25) is 5.32 Å². The first-order valence-corrected chi connectivity index (χ1v) is 9.57. The van der Waals surface area contributed by atoms with Crippen molar-refractivity contribution < 1.29 is 9.90 Å². The summed E-state index contributed by atoms with van der Waals surface area (Å²) in [6.45, 7) is 3.01. The monoisotopic (exact) mass is 412 g/mol. The second-order valence-electron chi connectivity index (χ2n) is 7.19. The van der Waals surface area contributed by atoms with Gasteiger partial charge in [0, 0.05) is 22.9 Å². The van der Waals surface area contributed by atoms with Crippen LogP contribution in [-0.4, -0.2) is 27.7 Å². The Bertz CT molecular complexity index is 957. The Hall–Kier alpha value is -2.83. The maximum atomic E-state index is 10.8. The SMILES string of the molecule is Cc1[nH]c(C2NCCCC2c2ccccc2)nc1-c1ccc(NC(=O)O)cc1.Cl. The normalized spacial score (nSPS) is 18.7. The van der Waals surface area contributed by atoms with Crippen LogP contribution in [0.1, 0.15) is 41.9 Å². The van der Waals surface area contributed by atoms with Crippen molar-refractivity contribution in [3.8, 4) is 11.3 Å². The van der Waals surface area contributed by atoms with Crippen LogP contribution >= 0.6 is 12.4 Å². The van der Waals surface area contributed by atoms with E-state index in [9.17, 15) is 4.79 Å². The lowest BCUT2D eigenvalue weighted by atomic mass is 9.84. The third kappa shape index (κ3) is 4.60. The minimum Gasteiger partial charge on any atom is -0.465 e. The van der Waals surface area contributed by atoms with Crippen molar-refractivity contribution in [2.75, 3.05) is 11.9 Å². The molecule has 0 radical (unpaired) electrons. The van der Waals surface area contributed by atoms with E-state index < -0.39 is 6.09 Å². The third-order valence-corrected chi connectivity index (χ3v) is 5.29. The number of piperidine rings is 1. The van der Waals surface area contributed by atoms with Crippen molar-refractivity contribution in [1.29, 1.82) is 0 Å². The molecule has 6 nitrogen and oxygen atoms in total. The maximum absolute atomic E-state index is 10.8. The van der Waals surface area contributed by atoms with E-state index in [0.717, 1.165) is 42.2 Å². The van der Waals surface area contributed by atoms with Gasteiger partial charge in [0.25, 0.3) is 0 Å². The molecule has 1 amide bonds. The second kappa shape index (κ2) is 9.11. The highest BCUT2D eigenvalue weighted by molar-refractivity contribution is 5.85. The van der Waals surface area contributed by atoms with E-state index in [4.69, 9.17) is 10.1 Å². The van der Waals surface area contributed by atoms with Crippen LogP contribution in [0.4, 0.5) is 10.5 Å². The fraction of sp³-hybridized carbons (Fsp3) is 0.273. The summed E-state index contributed by atoms with van der Waals surface area (Å²) in [6.07, 6.45) is 1.22. The van der Waals surface area contributed by atoms with E-state index in [-0.39, 0.29) is 18.4 Å². The fourth-order valence-electron chi connectivity index (χ4n) is 3.98. The van der Waals surface area contributed by atoms with Gasteiger partial charge in [-0.1, -0.05) is 42.5 Å². The predicted octanol–water partition coefficient (Wildman–Crippen LogP) is 5.11. The molecule has 1 aliphatic heterocycles. The van der Waals surface area contributed by atoms with Crippen molar-refractivity contribution in [2.45, 2.75) is 31.7 Å². The number of carbonyl (C=O) groups is 1. The molecule has 3 aromatic rings. The highest BCUT2D eigenvalue weighted by atomic mass is 35.5. The summed E-state index contributed by atoms with van der Waals surface area (Å²) in [6, 6.07) is 18.0. The largest absolute Gasteiger partial charge is 0.465 e. The van der Waals surface area contributed by atoms with Gasteiger partial charge in [-0.05, 0) is 44.0 Å². The van der Waals surface area contributed by atoms with E-state index in [0.29, 0.717) is 11.6 Å². The van der Waals surface area contributed by atoms with Crippen LogP contribution in [0.15, 0.2) is 54.6 Å². The second-order valence-corrected chi connectivity index (χ2v) is 7.19. The van der Waals surface area contributed by atoms with Crippen LogP contribution in [0.2, 0.25) is 0 Å². The highest BCUT2D eigenvalue weighted by Crippen LogP contribution is 2.37. The predicted molar refractivity (Wildman–Crippen MR) is 117 cm³/mol. The molecule has 7 heteroatoms. The van der Waals surface area contributed by atoms with Crippen molar-refractivity contribution in [3.05, 3.63) is 71.7 Å². The van der Waals surface area contributed by atoms with Crippen molar-refractivity contribution in [3.63, 3.8) is 0 Å². The molecule has 4 N–H and O–H groups in total. The lowest BCUT2D eigenvalue weighted by Gasteiger charge is -2.31. The van der Waals surface area contributed by atoms with Crippen molar-refractivity contribution in [1.82, 2.24) is 15.3 Å². The molecular formula is C22H25ClN4O2. The van der Waals surface area contributed by atoms with Gasteiger partial charge in [-0.2, -0.15) is 0 Å². The number of benzene rings is 2. The number of amides is 1. The first kappa shape index (κ1) is 20.9. The zero-order valence-electron chi connectivity index (χ0n) is 16.2.